The van der Waals surface area contributed by atoms with Crippen LogP contribution in [0.25, 0.3) is 22.8 Å². The lowest BCUT2D eigenvalue weighted by atomic mass is 10.1. The fourth-order valence-corrected chi connectivity index (χ4v) is 4.12. The summed E-state index contributed by atoms with van der Waals surface area (Å²) in [7, 11) is 1.43. The summed E-state index contributed by atoms with van der Waals surface area (Å²) in [5.41, 5.74) is 2.49. The van der Waals surface area contributed by atoms with E-state index < -0.39 is 24.3 Å². The van der Waals surface area contributed by atoms with Crippen LogP contribution in [-0.4, -0.2) is 47.0 Å². The number of fused-ring (bicyclic) bond motifs is 1. The van der Waals surface area contributed by atoms with E-state index in [0.717, 1.165) is 17.8 Å². The molecule has 5 rings (SSSR count). The summed E-state index contributed by atoms with van der Waals surface area (Å²) in [6, 6.07) is 12.7. The summed E-state index contributed by atoms with van der Waals surface area (Å²) in [5.74, 6) is 0.187. The Morgan fingerprint density at radius 2 is 1.95 bits per heavy atom. The van der Waals surface area contributed by atoms with Gasteiger partial charge in [0.1, 0.15) is 0 Å². The lowest BCUT2D eigenvalue weighted by Gasteiger charge is -2.13. The van der Waals surface area contributed by atoms with Crippen molar-refractivity contribution in [2.75, 3.05) is 25.6 Å². The van der Waals surface area contributed by atoms with Crippen LogP contribution in [0.4, 0.5) is 18.9 Å². The van der Waals surface area contributed by atoms with E-state index in [2.05, 4.69) is 25.6 Å². The number of nitrogens with zero attached hydrogens (tertiary/aromatic N) is 2. The van der Waals surface area contributed by atoms with Crippen LogP contribution in [0.3, 0.4) is 0 Å². The van der Waals surface area contributed by atoms with Gasteiger partial charge in [0.15, 0.2) is 23.9 Å². The number of nitrogens with one attached hydrogen (secondary N) is 3. The highest BCUT2D eigenvalue weighted by Crippen LogP contribution is 2.33. The average Bonchev–Trinajstić information content (AvgIpc) is 3.38. The number of ether oxygens (including phenoxy) is 2. The number of carbonyl (C=O) groups excluding carboxylic acids is 2. The number of methoxy groups -OCH3 is 1. The molecular formula is C27H22F3N5O4. The predicted molar refractivity (Wildman–Crippen MR) is 135 cm³/mol. The zero-order chi connectivity index (χ0) is 27.6. The molecule has 0 atom stereocenters. The Hall–Kier alpha value is -4.87. The molecule has 2 aromatic carbocycles. The lowest BCUT2D eigenvalue weighted by Crippen LogP contribution is -2.31. The van der Waals surface area contributed by atoms with E-state index in [4.69, 9.17) is 9.47 Å². The summed E-state index contributed by atoms with van der Waals surface area (Å²) >= 11 is 0. The third-order valence-electron chi connectivity index (χ3n) is 5.99. The third kappa shape index (κ3) is 5.69. The molecule has 0 aliphatic carbocycles. The molecule has 0 bridgehead atoms. The molecular weight excluding hydrogens is 515 g/mol. The van der Waals surface area contributed by atoms with Gasteiger partial charge in [0.2, 0.25) is 0 Å². The smallest absolute Gasteiger partial charge is 0.416 e. The second kappa shape index (κ2) is 10.5. The molecule has 1 aliphatic rings. The van der Waals surface area contributed by atoms with Gasteiger partial charge in [0.05, 0.1) is 29.6 Å². The maximum atomic E-state index is 12.9. The Labute approximate surface area is 220 Å². The topological polar surface area (TPSA) is 118 Å². The van der Waals surface area contributed by atoms with Crippen LogP contribution in [-0.2, 0) is 17.4 Å². The molecule has 3 N–H and O–H groups in total. The minimum absolute atomic E-state index is 0.00122. The molecule has 2 amide bonds. The highest BCUT2D eigenvalue weighted by atomic mass is 19.4. The fourth-order valence-electron chi connectivity index (χ4n) is 4.12. The van der Waals surface area contributed by atoms with Crippen LogP contribution in [0, 0.1) is 0 Å². The number of anilines is 1. The first-order chi connectivity index (χ1) is 18.7. The van der Waals surface area contributed by atoms with Crippen LogP contribution in [0.2, 0.25) is 0 Å². The Bertz CT molecular complexity index is 1550. The van der Waals surface area contributed by atoms with Gasteiger partial charge in [-0.05, 0) is 48.5 Å². The number of alkyl halides is 3. The Morgan fingerprint density at radius 1 is 1.10 bits per heavy atom. The van der Waals surface area contributed by atoms with Crippen LogP contribution in [0.5, 0.6) is 11.5 Å². The van der Waals surface area contributed by atoms with Gasteiger partial charge in [0.25, 0.3) is 11.8 Å². The fraction of sp³-hybridized carbons (Fsp3) is 0.185. The third-order valence-corrected chi connectivity index (χ3v) is 5.99. The van der Waals surface area contributed by atoms with Crippen molar-refractivity contribution in [3.05, 3.63) is 77.6 Å². The molecule has 3 heterocycles. The van der Waals surface area contributed by atoms with Crippen LogP contribution in [0.15, 0.2) is 60.8 Å². The number of aromatic nitrogens is 3. The molecule has 200 valence electrons. The van der Waals surface area contributed by atoms with Gasteiger partial charge in [-0.15, -0.1) is 0 Å². The first-order valence-corrected chi connectivity index (χ1v) is 11.8. The predicted octanol–water partition coefficient (Wildman–Crippen LogP) is 4.47. The number of aromatic amines is 1. The minimum atomic E-state index is -4.52. The van der Waals surface area contributed by atoms with Gasteiger partial charge in [-0.25, -0.2) is 9.97 Å². The van der Waals surface area contributed by atoms with E-state index >= 15 is 0 Å². The Kier molecular flexibility index (Phi) is 6.92. The number of halogens is 3. The van der Waals surface area contributed by atoms with Crippen molar-refractivity contribution < 1.29 is 32.2 Å². The molecule has 0 fully saturated rings. The van der Waals surface area contributed by atoms with Gasteiger partial charge in [-0.1, -0.05) is 6.07 Å². The lowest BCUT2D eigenvalue weighted by molar-refractivity contribution is -0.137. The van der Waals surface area contributed by atoms with E-state index in [1.807, 2.05) is 0 Å². The number of carbonyl (C=O) groups is 2. The molecule has 1 aliphatic heterocycles. The molecule has 0 unspecified atom stereocenters. The number of hydrogen-bond donors (Lipinski definition) is 3. The summed E-state index contributed by atoms with van der Waals surface area (Å²) in [6.45, 7) is 0.116. The largest absolute Gasteiger partial charge is 0.493 e. The van der Waals surface area contributed by atoms with Crippen molar-refractivity contribution in [1.82, 2.24) is 20.3 Å². The number of amides is 2. The van der Waals surface area contributed by atoms with Crippen LogP contribution < -0.4 is 20.1 Å². The maximum Gasteiger partial charge on any atom is 0.416 e. The Morgan fingerprint density at radius 3 is 2.72 bits per heavy atom. The van der Waals surface area contributed by atoms with Crippen molar-refractivity contribution in [2.45, 2.75) is 12.6 Å². The second-order valence-corrected chi connectivity index (χ2v) is 8.63. The van der Waals surface area contributed by atoms with E-state index in [0.29, 0.717) is 47.1 Å². The SMILES string of the molecule is COc1cc(-c2nccc(-c3cc4c([nH]3)CCNC4=O)n2)ccc1OCC(=O)Nc1cccc(C(F)(F)F)c1. The van der Waals surface area contributed by atoms with E-state index in [1.165, 1.54) is 19.2 Å². The highest BCUT2D eigenvalue weighted by molar-refractivity contribution is 5.97. The molecule has 4 aromatic rings. The first kappa shape index (κ1) is 25.8. The monoisotopic (exact) mass is 537 g/mol. The van der Waals surface area contributed by atoms with Gasteiger partial charge in [-0.2, -0.15) is 13.2 Å². The molecule has 12 heteroatoms. The summed E-state index contributed by atoms with van der Waals surface area (Å²) in [5, 5.41) is 5.20. The maximum absolute atomic E-state index is 12.9. The molecule has 2 aromatic heterocycles. The number of H-pyrrole nitrogens is 1. The highest BCUT2D eigenvalue weighted by Gasteiger charge is 2.30. The summed E-state index contributed by atoms with van der Waals surface area (Å²) in [6.07, 6.45) is -2.21. The zero-order valence-corrected chi connectivity index (χ0v) is 20.6. The van der Waals surface area contributed by atoms with Crippen molar-refractivity contribution in [3.8, 4) is 34.3 Å². The number of hydrogen-bond acceptors (Lipinski definition) is 6. The molecule has 0 radical (unpaired) electrons. The van der Waals surface area contributed by atoms with E-state index in [1.54, 1.807) is 36.5 Å². The number of benzene rings is 2. The van der Waals surface area contributed by atoms with Crippen molar-refractivity contribution >= 4 is 17.5 Å². The second-order valence-electron chi connectivity index (χ2n) is 8.63. The van der Waals surface area contributed by atoms with Crippen LogP contribution >= 0.6 is 0 Å². The van der Waals surface area contributed by atoms with Gasteiger partial charge in [0, 0.05) is 36.1 Å². The molecule has 9 nitrogen and oxygen atoms in total. The summed E-state index contributed by atoms with van der Waals surface area (Å²) < 4.78 is 49.7. The van der Waals surface area contributed by atoms with Crippen molar-refractivity contribution in [2.24, 2.45) is 0 Å². The van der Waals surface area contributed by atoms with Crippen molar-refractivity contribution in [1.29, 1.82) is 0 Å². The van der Waals surface area contributed by atoms with Gasteiger partial charge in [-0.3, -0.25) is 9.59 Å². The Balaban J connectivity index is 1.29. The average molecular weight is 537 g/mol. The minimum Gasteiger partial charge on any atom is -0.493 e. The molecule has 0 saturated heterocycles. The normalized spacial score (nSPS) is 12.9. The van der Waals surface area contributed by atoms with Crippen molar-refractivity contribution in [3.63, 3.8) is 0 Å². The number of rotatable bonds is 7. The van der Waals surface area contributed by atoms with Gasteiger partial charge < -0.3 is 25.1 Å². The first-order valence-electron chi connectivity index (χ1n) is 11.8. The standard InChI is InChI=1S/C27H22F3N5O4/c1-38-23-11-15(25-31-9-8-20(35-25)21-13-18-19(34-21)7-10-32-26(18)37)5-6-22(23)39-14-24(36)33-17-4-2-3-16(12-17)27(28,29)30/h2-6,8-9,11-13,34H,7,10,14H2,1H3,(H,32,37)(H,33,36). The van der Waals surface area contributed by atoms with E-state index in [-0.39, 0.29) is 17.3 Å². The van der Waals surface area contributed by atoms with Crippen LogP contribution in [0.1, 0.15) is 21.6 Å². The molecule has 0 saturated carbocycles. The zero-order valence-electron chi connectivity index (χ0n) is 20.6. The van der Waals surface area contributed by atoms with E-state index in [9.17, 15) is 22.8 Å². The molecule has 0 spiro atoms. The summed E-state index contributed by atoms with van der Waals surface area (Å²) in [4.78, 5) is 36.6. The molecule has 39 heavy (non-hydrogen) atoms. The van der Waals surface area contributed by atoms with Gasteiger partial charge >= 0.3 is 6.18 Å². The quantitative estimate of drug-likeness (QED) is 0.320.